The third-order valence-corrected chi connectivity index (χ3v) is 6.14. The lowest BCUT2D eigenvalue weighted by Crippen LogP contribution is -2.45. The highest BCUT2D eigenvalue weighted by Crippen LogP contribution is 2.19. The number of nitrogens with one attached hydrogen (secondary N) is 1. The number of hydrogen-bond donors (Lipinski definition) is 1. The van der Waals surface area contributed by atoms with E-state index in [0.29, 0.717) is 23.7 Å². The number of carbonyl (C=O) groups is 1. The second-order valence-corrected chi connectivity index (χ2v) is 8.16. The number of nitrogens with zero attached hydrogens (tertiary/aromatic N) is 3. The highest BCUT2D eigenvalue weighted by atomic mass is 32.2. The Balaban J connectivity index is 2.12. The van der Waals surface area contributed by atoms with Gasteiger partial charge in [0.2, 0.25) is 15.9 Å². The van der Waals surface area contributed by atoms with E-state index in [9.17, 15) is 13.2 Å². The third kappa shape index (κ3) is 4.67. The first-order valence-corrected chi connectivity index (χ1v) is 9.95. The Hall–Kier alpha value is -2.39. The molecule has 0 saturated carbocycles. The van der Waals surface area contributed by atoms with Crippen molar-refractivity contribution >= 4 is 15.9 Å². The van der Waals surface area contributed by atoms with Crippen LogP contribution in [0, 0.1) is 13.8 Å². The number of amides is 1. The van der Waals surface area contributed by atoms with Gasteiger partial charge in [-0.25, -0.2) is 8.42 Å². The minimum absolute atomic E-state index is 0.111. The summed E-state index contributed by atoms with van der Waals surface area (Å²) in [6, 6.07) is 6.46. The minimum Gasteiger partial charge on any atom is -0.497 e. The standard InChI is InChI=1S/C18H26N4O4S/c1-12-17(14(3)22(5)19-12)27(24,25)20-13(2)18(23)21(4)11-15-8-7-9-16(10-15)26-6/h7-10,13,20H,11H2,1-6H3. The summed E-state index contributed by atoms with van der Waals surface area (Å²) in [5, 5.41) is 4.13. The average Bonchev–Trinajstić information content (AvgIpc) is 2.86. The number of aryl methyl sites for hydroxylation is 2. The number of aromatic nitrogens is 2. The van der Waals surface area contributed by atoms with Crippen molar-refractivity contribution in [2.75, 3.05) is 14.2 Å². The zero-order valence-corrected chi connectivity index (χ0v) is 17.3. The van der Waals surface area contributed by atoms with Crippen LogP contribution in [-0.2, 0) is 28.4 Å². The normalized spacial score (nSPS) is 12.7. The molecule has 0 saturated heterocycles. The first-order valence-electron chi connectivity index (χ1n) is 8.47. The number of rotatable bonds is 7. The molecule has 0 aliphatic heterocycles. The van der Waals surface area contributed by atoms with E-state index in [2.05, 4.69) is 9.82 Å². The van der Waals surface area contributed by atoms with Crippen molar-refractivity contribution in [3.05, 3.63) is 41.2 Å². The van der Waals surface area contributed by atoms with Crippen LogP contribution in [0.4, 0.5) is 0 Å². The van der Waals surface area contributed by atoms with E-state index in [0.717, 1.165) is 5.56 Å². The van der Waals surface area contributed by atoms with E-state index in [-0.39, 0.29) is 10.8 Å². The van der Waals surface area contributed by atoms with Crippen LogP contribution >= 0.6 is 0 Å². The minimum atomic E-state index is -3.86. The Kier molecular flexibility index (Phi) is 6.27. The molecule has 0 spiro atoms. The van der Waals surface area contributed by atoms with Gasteiger partial charge in [0.05, 0.1) is 24.5 Å². The van der Waals surface area contributed by atoms with Gasteiger partial charge in [-0.2, -0.15) is 9.82 Å². The Morgan fingerprint density at radius 3 is 2.59 bits per heavy atom. The smallest absolute Gasteiger partial charge is 0.244 e. The quantitative estimate of drug-likeness (QED) is 0.766. The predicted molar refractivity (Wildman–Crippen MR) is 102 cm³/mol. The molecule has 0 bridgehead atoms. The summed E-state index contributed by atoms with van der Waals surface area (Å²) < 4.78 is 34.6. The molecule has 0 fully saturated rings. The van der Waals surface area contributed by atoms with Crippen molar-refractivity contribution in [2.24, 2.45) is 7.05 Å². The van der Waals surface area contributed by atoms with E-state index in [1.807, 2.05) is 24.3 Å². The fourth-order valence-electron chi connectivity index (χ4n) is 2.94. The molecule has 1 heterocycles. The van der Waals surface area contributed by atoms with Crippen molar-refractivity contribution in [1.82, 2.24) is 19.4 Å². The van der Waals surface area contributed by atoms with Gasteiger partial charge in [-0.15, -0.1) is 0 Å². The summed E-state index contributed by atoms with van der Waals surface area (Å²) in [4.78, 5) is 14.2. The molecule has 1 N–H and O–H groups in total. The molecule has 2 rings (SSSR count). The van der Waals surface area contributed by atoms with E-state index in [4.69, 9.17) is 4.74 Å². The summed E-state index contributed by atoms with van der Waals surface area (Å²) in [6.45, 7) is 5.18. The van der Waals surface area contributed by atoms with E-state index >= 15 is 0 Å². The second kappa shape index (κ2) is 8.10. The van der Waals surface area contributed by atoms with Gasteiger partial charge in [-0.1, -0.05) is 12.1 Å². The topological polar surface area (TPSA) is 93.5 Å². The summed E-state index contributed by atoms with van der Waals surface area (Å²) >= 11 is 0. The monoisotopic (exact) mass is 394 g/mol. The fourth-order valence-corrected chi connectivity index (χ4v) is 4.57. The fraction of sp³-hybridized carbons (Fsp3) is 0.444. The van der Waals surface area contributed by atoms with Crippen LogP contribution in [0.1, 0.15) is 23.9 Å². The number of methoxy groups -OCH3 is 1. The third-order valence-electron chi connectivity index (χ3n) is 4.34. The second-order valence-electron chi connectivity index (χ2n) is 6.51. The van der Waals surface area contributed by atoms with E-state index in [1.54, 1.807) is 35.1 Å². The van der Waals surface area contributed by atoms with E-state index in [1.165, 1.54) is 16.5 Å². The molecule has 8 nitrogen and oxygen atoms in total. The predicted octanol–water partition coefficient (Wildman–Crippen LogP) is 1.37. The zero-order valence-electron chi connectivity index (χ0n) is 16.5. The van der Waals surface area contributed by atoms with E-state index < -0.39 is 16.1 Å². The van der Waals surface area contributed by atoms with Crippen molar-refractivity contribution in [1.29, 1.82) is 0 Å². The maximum absolute atomic E-state index is 12.7. The lowest BCUT2D eigenvalue weighted by Gasteiger charge is -2.22. The van der Waals surface area contributed by atoms with Crippen molar-refractivity contribution < 1.29 is 17.9 Å². The van der Waals surface area contributed by atoms with Crippen LogP contribution in [0.5, 0.6) is 5.75 Å². The molecular formula is C18H26N4O4S. The van der Waals surface area contributed by atoms with Gasteiger partial charge in [0.1, 0.15) is 10.6 Å². The molecule has 0 radical (unpaired) electrons. The van der Waals surface area contributed by atoms with Crippen molar-refractivity contribution in [3.8, 4) is 5.75 Å². The van der Waals surface area contributed by atoms with Gasteiger partial charge >= 0.3 is 0 Å². The molecule has 0 aliphatic rings. The molecular weight excluding hydrogens is 368 g/mol. The Morgan fingerprint density at radius 1 is 1.37 bits per heavy atom. The van der Waals surface area contributed by atoms with Gasteiger partial charge < -0.3 is 9.64 Å². The summed E-state index contributed by atoms with van der Waals surface area (Å²) in [6.07, 6.45) is 0. The largest absolute Gasteiger partial charge is 0.497 e. The van der Waals surface area contributed by atoms with Crippen molar-refractivity contribution in [2.45, 2.75) is 38.3 Å². The highest BCUT2D eigenvalue weighted by Gasteiger charge is 2.28. The van der Waals surface area contributed by atoms with Crippen LogP contribution in [0.2, 0.25) is 0 Å². The van der Waals surface area contributed by atoms with Crippen LogP contribution in [0.15, 0.2) is 29.2 Å². The first kappa shape index (κ1) is 20.9. The average molecular weight is 394 g/mol. The number of hydrogen-bond acceptors (Lipinski definition) is 5. The first-order chi connectivity index (χ1) is 12.6. The lowest BCUT2D eigenvalue weighted by molar-refractivity contribution is -0.131. The molecule has 1 atom stereocenters. The molecule has 0 aliphatic carbocycles. The number of benzene rings is 1. The SMILES string of the molecule is COc1cccc(CN(C)C(=O)C(C)NS(=O)(=O)c2c(C)nn(C)c2C)c1. The van der Waals surface area contributed by atoms with Crippen LogP contribution < -0.4 is 9.46 Å². The summed E-state index contributed by atoms with van der Waals surface area (Å²) in [5.74, 6) is 0.366. The molecule has 148 valence electrons. The van der Waals surface area contributed by atoms with Gasteiger partial charge in [-0.05, 0) is 38.5 Å². The van der Waals surface area contributed by atoms with Gasteiger partial charge in [0, 0.05) is 20.6 Å². The molecule has 2 aromatic rings. The molecule has 1 aromatic carbocycles. The number of ether oxygens (including phenoxy) is 1. The molecule has 1 aromatic heterocycles. The highest BCUT2D eigenvalue weighted by molar-refractivity contribution is 7.89. The Bertz CT molecular complexity index is 937. The van der Waals surface area contributed by atoms with Crippen LogP contribution in [0.25, 0.3) is 0 Å². The van der Waals surface area contributed by atoms with Gasteiger partial charge in [-0.3, -0.25) is 9.48 Å². The Morgan fingerprint density at radius 2 is 2.04 bits per heavy atom. The summed E-state index contributed by atoms with van der Waals surface area (Å²) in [7, 11) is 1.02. The number of sulfonamides is 1. The maximum Gasteiger partial charge on any atom is 0.244 e. The van der Waals surface area contributed by atoms with Crippen molar-refractivity contribution in [3.63, 3.8) is 0 Å². The van der Waals surface area contributed by atoms with Gasteiger partial charge in [0.15, 0.2) is 0 Å². The lowest BCUT2D eigenvalue weighted by atomic mass is 10.2. The maximum atomic E-state index is 12.7. The summed E-state index contributed by atoms with van der Waals surface area (Å²) in [5.41, 5.74) is 1.80. The number of likely N-dealkylation sites (N-methyl/N-ethyl adjacent to an activating group) is 1. The number of carbonyl (C=O) groups excluding carboxylic acids is 1. The van der Waals surface area contributed by atoms with Crippen LogP contribution in [0.3, 0.4) is 0 Å². The Labute approximate surface area is 160 Å². The molecule has 9 heteroatoms. The zero-order chi connectivity index (χ0) is 20.4. The van der Waals surface area contributed by atoms with Crippen LogP contribution in [-0.4, -0.2) is 49.2 Å². The molecule has 1 amide bonds. The molecule has 27 heavy (non-hydrogen) atoms. The molecule has 1 unspecified atom stereocenters. The van der Waals surface area contributed by atoms with Gasteiger partial charge in [0.25, 0.3) is 0 Å².